The van der Waals surface area contributed by atoms with E-state index in [0.717, 1.165) is 12.1 Å². The fourth-order valence-electron chi connectivity index (χ4n) is 3.16. The quantitative estimate of drug-likeness (QED) is 0.797. The average Bonchev–Trinajstić information content (AvgIpc) is 2.53. The molecule has 1 fully saturated rings. The molecule has 1 saturated heterocycles. The van der Waals surface area contributed by atoms with Crippen molar-refractivity contribution in [1.29, 1.82) is 0 Å². The molecular formula is C17H22FNO5S. The van der Waals surface area contributed by atoms with E-state index in [2.05, 4.69) is 0 Å². The van der Waals surface area contributed by atoms with Crippen molar-refractivity contribution in [3.8, 4) is 0 Å². The highest BCUT2D eigenvalue weighted by atomic mass is 32.2. The molecule has 1 aromatic carbocycles. The number of likely N-dealkylation sites (tertiary alicyclic amines) is 1. The average molecular weight is 371 g/mol. The van der Waals surface area contributed by atoms with Crippen LogP contribution in [0, 0.1) is 23.6 Å². The molecule has 1 aromatic rings. The summed E-state index contributed by atoms with van der Waals surface area (Å²) in [6.07, 6.45) is 0.501. The van der Waals surface area contributed by atoms with Gasteiger partial charge in [-0.1, -0.05) is 13.8 Å². The Labute approximate surface area is 146 Å². The monoisotopic (exact) mass is 371 g/mol. The molecule has 0 aliphatic carbocycles. The van der Waals surface area contributed by atoms with E-state index in [4.69, 9.17) is 0 Å². The molecular weight excluding hydrogens is 349 g/mol. The zero-order valence-electron chi connectivity index (χ0n) is 14.2. The Morgan fingerprint density at radius 3 is 2.44 bits per heavy atom. The fourth-order valence-corrected chi connectivity index (χ4v) is 4.70. The third-order valence-corrected chi connectivity index (χ3v) is 6.31. The molecule has 8 heteroatoms. The van der Waals surface area contributed by atoms with Crippen molar-refractivity contribution in [2.24, 2.45) is 17.8 Å². The van der Waals surface area contributed by atoms with Gasteiger partial charge in [-0.15, -0.1) is 0 Å². The highest BCUT2D eigenvalue weighted by Gasteiger charge is 2.34. The first kappa shape index (κ1) is 19.4. The summed E-state index contributed by atoms with van der Waals surface area (Å²) < 4.78 is 37.7. The van der Waals surface area contributed by atoms with E-state index >= 15 is 0 Å². The maximum atomic E-state index is 12.9. The summed E-state index contributed by atoms with van der Waals surface area (Å²) in [7, 11) is -3.73. The third kappa shape index (κ3) is 4.78. The number of nitrogens with zero attached hydrogens (tertiary/aromatic N) is 1. The van der Waals surface area contributed by atoms with Gasteiger partial charge in [-0.05, 0) is 36.6 Å². The first-order valence-corrected chi connectivity index (χ1v) is 9.75. The van der Waals surface area contributed by atoms with E-state index in [1.54, 1.807) is 0 Å². The second-order valence-electron chi connectivity index (χ2n) is 6.76. The zero-order chi connectivity index (χ0) is 18.8. The number of carbonyl (C=O) groups is 2. The van der Waals surface area contributed by atoms with Crippen molar-refractivity contribution >= 4 is 21.7 Å². The summed E-state index contributed by atoms with van der Waals surface area (Å²) >= 11 is 0. The van der Waals surface area contributed by atoms with Crippen LogP contribution in [0.15, 0.2) is 29.2 Å². The number of piperidine rings is 1. The van der Waals surface area contributed by atoms with Gasteiger partial charge in [0.1, 0.15) is 5.82 Å². The predicted octanol–water partition coefficient (Wildman–Crippen LogP) is 1.80. The summed E-state index contributed by atoms with van der Waals surface area (Å²) in [4.78, 5) is 25.2. The highest BCUT2D eigenvalue weighted by Crippen LogP contribution is 2.24. The molecule has 0 bridgehead atoms. The topological polar surface area (TPSA) is 91.8 Å². The lowest BCUT2D eigenvalue weighted by atomic mass is 9.90. The largest absolute Gasteiger partial charge is 0.481 e. The Kier molecular flexibility index (Phi) is 5.82. The number of rotatable bonds is 5. The normalized spacial score (nSPS) is 22.4. The number of hydrogen-bond acceptors (Lipinski definition) is 4. The summed E-state index contributed by atoms with van der Waals surface area (Å²) in [5.74, 6) is -3.66. The SMILES string of the molecule is CC1CC(C(=O)O)CN(C(=O)C(C)CS(=O)(=O)c2ccc(F)cc2)C1. The van der Waals surface area contributed by atoms with E-state index in [-0.39, 0.29) is 23.3 Å². The fraction of sp³-hybridized carbons (Fsp3) is 0.529. The maximum Gasteiger partial charge on any atom is 0.308 e. The number of hydrogen-bond donors (Lipinski definition) is 1. The van der Waals surface area contributed by atoms with Crippen LogP contribution in [0.3, 0.4) is 0 Å². The summed E-state index contributed by atoms with van der Waals surface area (Å²) in [5.41, 5.74) is 0. The number of amides is 1. The Morgan fingerprint density at radius 1 is 1.28 bits per heavy atom. The van der Waals surface area contributed by atoms with Gasteiger partial charge >= 0.3 is 5.97 Å². The standard InChI is InChI=1S/C17H22FNO5S/c1-11-7-13(17(21)22)9-19(8-11)16(20)12(2)10-25(23,24)15-5-3-14(18)4-6-15/h3-6,11-13H,7-10H2,1-2H3,(H,21,22). The van der Waals surface area contributed by atoms with Crippen LogP contribution < -0.4 is 0 Å². The van der Waals surface area contributed by atoms with Crippen molar-refractivity contribution in [2.75, 3.05) is 18.8 Å². The van der Waals surface area contributed by atoms with Crippen LogP contribution >= 0.6 is 0 Å². The van der Waals surface area contributed by atoms with Gasteiger partial charge in [-0.25, -0.2) is 12.8 Å². The van der Waals surface area contributed by atoms with Gasteiger partial charge in [0.2, 0.25) is 5.91 Å². The van der Waals surface area contributed by atoms with E-state index < -0.39 is 39.2 Å². The first-order valence-electron chi connectivity index (χ1n) is 8.10. The smallest absolute Gasteiger partial charge is 0.308 e. The first-order chi connectivity index (χ1) is 11.6. The minimum Gasteiger partial charge on any atom is -0.481 e. The lowest BCUT2D eigenvalue weighted by molar-refractivity contribution is -0.147. The molecule has 0 aromatic heterocycles. The second-order valence-corrected chi connectivity index (χ2v) is 8.79. The number of halogens is 1. The minimum atomic E-state index is -3.73. The van der Waals surface area contributed by atoms with Gasteiger partial charge in [-0.3, -0.25) is 9.59 Å². The number of benzene rings is 1. The second kappa shape index (κ2) is 7.51. The molecule has 3 atom stereocenters. The predicted molar refractivity (Wildman–Crippen MR) is 89.1 cm³/mol. The summed E-state index contributed by atoms with van der Waals surface area (Å²) in [6, 6.07) is 4.46. The summed E-state index contributed by atoms with van der Waals surface area (Å²) in [5, 5.41) is 9.19. The molecule has 25 heavy (non-hydrogen) atoms. The van der Waals surface area contributed by atoms with E-state index in [9.17, 15) is 27.5 Å². The molecule has 0 saturated carbocycles. The van der Waals surface area contributed by atoms with Gasteiger partial charge in [0, 0.05) is 19.0 Å². The Hall–Kier alpha value is -1.96. The maximum absolute atomic E-state index is 12.9. The van der Waals surface area contributed by atoms with Crippen LogP contribution in [0.5, 0.6) is 0 Å². The Balaban J connectivity index is 2.08. The lowest BCUT2D eigenvalue weighted by Crippen LogP contribution is -2.48. The number of carbonyl (C=O) groups excluding carboxylic acids is 1. The van der Waals surface area contributed by atoms with Gasteiger partial charge in [0.25, 0.3) is 0 Å². The molecule has 1 N–H and O–H groups in total. The molecule has 0 spiro atoms. The molecule has 0 radical (unpaired) electrons. The molecule has 1 amide bonds. The van der Waals surface area contributed by atoms with Gasteiger partial charge in [0.15, 0.2) is 9.84 Å². The summed E-state index contributed by atoms with van der Waals surface area (Å²) in [6.45, 7) is 3.90. The van der Waals surface area contributed by atoms with Gasteiger partial charge in [0.05, 0.1) is 16.6 Å². The van der Waals surface area contributed by atoms with Crippen molar-refractivity contribution in [1.82, 2.24) is 4.90 Å². The molecule has 2 rings (SSSR count). The molecule has 3 unspecified atom stereocenters. The zero-order valence-corrected chi connectivity index (χ0v) is 15.0. The van der Waals surface area contributed by atoms with E-state index in [1.807, 2.05) is 6.92 Å². The molecule has 1 aliphatic heterocycles. The van der Waals surface area contributed by atoms with Crippen LogP contribution in [-0.2, 0) is 19.4 Å². The number of sulfone groups is 1. The minimum absolute atomic E-state index is 0.0380. The molecule has 1 heterocycles. The number of carboxylic acid groups (broad SMARTS) is 1. The molecule has 6 nitrogen and oxygen atoms in total. The van der Waals surface area contributed by atoms with Gasteiger partial charge < -0.3 is 10.0 Å². The van der Waals surface area contributed by atoms with Crippen molar-refractivity contribution in [3.63, 3.8) is 0 Å². The van der Waals surface area contributed by atoms with Crippen molar-refractivity contribution in [2.45, 2.75) is 25.2 Å². The number of carboxylic acids is 1. The van der Waals surface area contributed by atoms with Crippen LogP contribution in [0.2, 0.25) is 0 Å². The van der Waals surface area contributed by atoms with Crippen LogP contribution in [0.4, 0.5) is 4.39 Å². The van der Waals surface area contributed by atoms with E-state index in [0.29, 0.717) is 13.0 Å². The molecule has 138 valence electrons. The lowest BCUT2D eigenvalue weighted by Gasteiger charge is -2.36. The molecule has 1 aliphatic rings. The van der Waals surface area contributed by atoms with Crippen molar-refractivity contribution < 1.29 is 27.5 Å². The van der Waals surface area contributed by atoms with Crippen LogP contribution in [0.25, 0.3) is 0 Å². The Morgan fingerprint density at radius 2 is 1.88 bits per heavy atom. The number of aliphatic carboxylic acids is 1. The third-order valence-electron chi connectivity index (χ3n) is 4.38. The Bertz CT molecular complexity index is 747. The van der Waals surface area contributed by atoms with Crippen LogP contribution in [0.1, 0.15) is 20.3 Å². The van der Waals surface area contributed by atoms with Crippen molar-refractivity contribution in [3.05, 3.63) is 30.1 Å². The van der Waals surface area contributed by atoms with E-state index in [1.165, 1.54) is 24.0 Å². The van der Waals surface area contributed by atoms with Crippen LogP contribution in [-0.4, -0.2) is 49.1 Å². The highest BCUT2D eigenvalue weighted by molar-refractivity contribution is 7.91. The van der Waals surface area contributed by atoms with Gasteiger partial charge in [-0.2, -0.15) is 0 Å².